The first-order chi connectivity index (χ1) is 8.25. The second-order valence-corrected chi connectivity index (χ2v) is 5.74. The van der Waals surface area contributed by atoms with E-state index in [-0.39, 0.29) is 5.54 Å². The summed E-state index contributed by atoms with van der Waals surface area (Å²) in [6.45, 7) is 1.85. The summed E-state index contributed by atoms with van der Waals surface area (Å²) in [5.41, 5.74) is 9.53. The fourth-order valence-corrected chi connectivity index (χ4v) is 3.39. The molecular weight excluding hydrogens is 210 g/mol. The maximum Gasteiger partial charge on any atom is 0.0468 e. The molecule has 3 rings (SSSR count). The average Bonchev–Trinajstić information content (AvgIpc) is 2.66. The van der Waals surface area contributed by atoms with Crippen molar-refractivity contribution in [1.82, 2.24) is 0 Å². The van der Waals surface area contributed by atoms with E-state index in [0.29, 0.717) is 0 Å². The number of benzene rings is 1. The summed E-state index contributed by atoms with van der Waals surface area (Å²) in [6.07, 6.45) is 5.65. The van der Waals surface area contributed by atoms with Crippen molar-refractivity contribution in [2.24, 2.45) is 11.7 Å². The van der Waals surface area contributed by atoms with Gasteiger partial charge in [0.15, 0.2) is 0 Å². The lowest BCUT2D eigenvalue weighted by atomic mass is 9.82. The van der Waals surface area contributed by atoms with E-state index in [1.54, 1.807) is 0 Å². The summed E-state index contributed by atoms with van der Waals surface area (Å²) in [5.74, 6) is 0.767. The first-order valence-corrected chi connectivity index (χ1v) is 6.69. The molecule has 2 nitrogen and oxygen atoms in total. The predicted octanol–water partition coefficient (Wildman–Crippen LogP) is 2.30. The summed E-state index contributed by atoms with van der Waals surface area (Å²) in [5, 5.41) is 0. The number of hydrogen-bond acceptors (Lipinski definition) is 2. The minimum Gasteiger partial charge on any atom is -0.381 e. The van der Waals surface area contributed by atoms with Crippen LogP contribution < -0.4 is 5.73 Å². The summed E-state index contributed by atoms with van der Waals surface area (Å²) in [6, 6.07) is 8.71. The van der Waals surface area contributed by atoms with E-state index >= 15 is 0 Å². The Morgan fingerprint density at radius 1 is 1.12 bits per heavy atom. The second kappa shape index (κ2) is 4.43. The molecule has 1 heterocycles. The van der Waals surface area contributed by atoms with Crippen LogP contribution in [0.3, 0.4) is 0 Å². The Morgan fingerprint density at radius 2 is 1.71 bits per heavy atom. The lowest BCUT2D eigenvalue weighted by molar-refractivity contribution is 0.0567. The van der Waals surface area contributed by atoms with E-state index in [0.717, 1.165) is 38.4 Å². The van der Waals surface area contributed by atoms with Gasteiger partial charge in [0, 0.05) is 18.8 Å². The van der Waals surface area contributed by atoms with Crippen LogP contribution >= 0.6 is 0 Å². The van der Waals surface area contributed by atoms with Crippen molar-refractivity contribution < 1.29 is 4.74 Å². The van der Waals surface area contributed by atoms with Gasteiger partial charge >= 0.3 is 0 Å². The fourth-order valence-electron chi connectivity index (χ4n) is 3.39. The highest BCUT2D eigenvalue weighted by Crippen LogP contribution is 2.35. The maximum atomic E-state index is 6.60. The van der Waals surface area contributed by atoms with Gasteiger partial charge in [-0.05, 0) is 49.1 Å². The molecular formula is C15H21NO. The van der Waals surface area contributed by atoms with E-state index in [9.17, 15) is 0 Å². The van der Waals surface area contributed by atoms with E-state index in [2.05, 4.69) is 24.3 Å². The smallest absolute Gasteiger partial charge is 0.0468 e. The first kappa shape index (κ1) is 11.2. The van der Waals surface area contributed by atoms with Gasteiger partial charge in [-0.3, -0.25) is 0 Å². The summed E-state index contributed by atoms with van der Waals surface area (Å²) >= 11 is 0. The Morgan fingerprint density at radius 3 is 2.29 bits per heavy atom. The van der Waals surface area contributed by atoms with Gasteiger partial charge < -0.3 is 10.5 Å². The minimum atomic E-state index is 0.00565. The van der Waals surface area contributed by atoms with Crippen molar-refractivity contribution in [3.8, 4) is 0 Å². The SMILES string of the molecule is NC1(CC2CCOCC2)Cc2ccccc2C1. The van der Waals surface area contributed by atoms with Crippen LogP contribution in [0.1, 0.15) is 30.4 Å². The van der Waals surface area contributed by atoms with Gasteiger partial charge in [-0.1, -0.05) is 24.3 Å². The van der Waals surface area contributed by atoms with Gasteiger partial charge in [0.2, 0.25) is 0 Å². The number of nitrogens with two attached hydrogens (primary N) is 1. The molecule has 2 N–H and O–H groups in total. The minimum absolute atomic E-state index is 0.00565. The van der Waals surface area contributed by atoms with E-state index in [4.69, 9.17) is 10.5 Å². The van der Waals surface area contributed by atoms with E-state index in [1.165, 1.54) is 24.0 Å². The Bertz CT molecular complexity index is 371. The molecule has 0 bridgehead atoms. The van der Waals surface area contributed by atoms with Crippen LogP contribution in [0.2, 0.25) is 0 Å². The fraction of sp³-hybridized carbons (Fsp3) is 0.600. The van der Waals surface area contributed by atoms with Gasteiger partial charge in [0.05, 0.1) is 0 Å². The molecule has 1 aliphatic heterocycles. The normalized spacial score (nSPS) is 23.6. The topological polar surface area (TPSA) is 35.2 Å². The Balaban J connectivity index is 1.68. The van der Waals surface area contributed by atoms with Gasteiger partial charge in [0.25, 0.3) is 0 Å². The van der Waals surface area contributed by atoms with Gasteiger partial charge in [-0.25, -0.2) is 0 Å². The quantitative estimate of drug-likeness (QED) is 0.847. The highest BCUT2D eigenvalue weighted by molar-refractivity contribution is 5.36. The molecule has 2 aliphatic rings. The standard InChI is InChI=1S/C15H21NO/c16-15(9-12-5-7-17-8-6-12)10-13-3-1-2-4-14(13)11-15/h1-4,12H,5-11,16H2. The predicted molar refractivity (Wildman–Crippen MR) is 68.9 cm³/mol. The van der Waals surface area contributed by atoms with Crippen molar-refractivity contribution in [3.63, 3.8) is 0 Å². The molecule has 17 heavy (non-hydrogen) atoms. The molecule has 1 saturated heterocycles. The molecule has 0 spiro atoms. The third kappa shape index (κ3) is 2.38. The van der Waals surface area contributed by atoms with Crippen LogP contribution in [0.15, 0.2) is 24.3 Å². The maximum absolute atomic E-state index is 6.60. The molecule has 2 heteroatoms. The zero-order chi connectivity index (χ0) is 11.7. The van der Waals surface area contributed by atoms with Crippen LogP contribution in [0.25, 0.3) is 0 Å². The van der Waals surface area contributed by atoms with Crippen molar-refractivity contribution >= 4 is 0 Å². The van der Waals surface area contributed by atoms with Crippen molar-refractivity contribution in [2.45, 2.75) is 37.6 Å². The molecule has 0 radical (unpaired) electrons. The van der Waals surface area contributed by atoms with E-state index < -0.39 is 0 Å². The highest BCUT2D eigenvalue weighted by Gasteiger charge is 2.35. The molecule has 1 aliphatic carbocycles. The first-order valence-electron chi connectivity index (χ1n) is 6.69. The molecule has 0 amide bonds. The number of hydrogen-bond donors (Lipinski definition) is 1. The number of ether oxygens (including phenoxy) is 1. The molecule has 1 fully saturated rings. The highest BCUT2D eigenvalue weighted by atomic mass is 16.5. The average molecular weight is 231 g/mol. The van der Waals surface area contributed by atoms with Gasteiger partial charge in [-0.2, -0.15) is 0 Å². The summed E-state index contributed by atoms with van der Waals surface area (Å²) in [7, 11) is 0. The van der Waals surface area contributed by atoms with Crippen molar-refractivity contribution in [1.29, 1.82) is 0 Å². The molecule has 0 saturated carbocycles. The molecule has 0 unspecified atom stereocenters. The Kier molecular flexibility index (Phi) is 2.93. The van der Waals surface area contributed by atoms with Gasteiger partial charge in [-0.15, -0.1) is 0 Å². The summed E-state index contributed by atoms with van der Waals surface area (Å²) in [4.78, 5) is 0. The Labute approximate surface area is 103 Å². The van der Waals surface area contributed by atoms with Gasteiger partial charge in [0.1, 0.15) is 0 Å². The lowest BCUT2D eigenvalue weighted by Gasteiger charge is -2.31. The van der Waals surface area contributed by atoms with Crippen LogP contribution in [-0.4, -0.2) is 18.8 Å². The second-order valence-electron chi connectivity index (χ2n) is 5.74. The monoisotopic (exact) mass is 231 g/mol. The van der Waals surface area contributed by atoms with Crippen LogP contribution in [0.5, 0.6) is 0 Å². The van der Waals surface area contributed by atoms with E-state index in [1.807, 2.05) is 0 Å². The lowest BCUT2D eigenvalue weighted by Crippen LogP contribution is -2.43. The molecule has 1 aromatic carbocycles. The third-order valence-electron chi connectivity index (χ3n) is 4.24. The van der Waals surface area contributed by atoms with Crippen molar-refractivity contribution in [3.05, 3.63) is 35.4 Å². The van der Waals surface area contributed by atoms with Crippen LogP contribution in [0, 0.1) is 5.92 Å². The zero-order valence-electron chi connectivity index (χ0n) is 10.3. The molecule has 92 valence electrons. The zero-order valence-corrected chi connectivity index (χ0v) is 10.3. The van der Waals surface area contributed by atoms with Crippen LogP contribution in [-0.2, 0) is 17.6 Å². The Hall–Kier alpha value is -0.860. The summed E-state index contributed by atoms with van der Waals surface area (Å²) < 4.78 is 5.42. The van der Waals surface area contributed by atoms with Crippen molar-refractivity contribution in [2.75, 3.05) is 13.2 Å². The van der Waals surface area contributed by atoms with Crippen LogP contribution in [0.4, 0.5) is 0 Å². The largest absolute Gasteiger partial charge is 0.381 e. The number of rotatable bonds is 2. The molecule has 0 aromatic heterocycles. The molecule has 0 atom stereocenters. The third-order valence-corrected chi connectivity index (χ3v) is 4.24. The number of fused-ring (bicyclic) bond motifs is 1. The molecule has 1 aromatic rings.